The lowest BCUT2D eigenvalue weighted by Gasteiger charge is -2.13. The molecular formula is C19H22Cl2N4. The first-order valence-electron chi connectivity index (χ1n) is 7.97. The van der Waals surface area contributed by atoms with E-state index in [0.717, 1.165) is 22.6 Å². The van der Waals surface area contributed by atoms with Crippen molar-refractivity contribution in [2.24, 2.45) is 4.99 Å². The molecule has 2 rings (SSSR count). The van der Waals surface area contributed by atoms with Crippen LogP contribution in [0.4, 0.5) is 17.1 Å². The summed E-state index contributed by atoms with van der Waals surface area (Å²) in [5, 5.41) is 7.11. The Morgan fingerprint density at radius 1 is 1.20 bits per heavy atom. The van der Waals surface area contributed by atoms with E-state index in [2.05, 4.69) is 15.6 Å². The summed E-state index contributed by atoms with van der Waals surface area (Å²) < 4.78 is 0. The van der Waals surface area contributed by atoms with Crippen molar-refractivity contribution in [2.75, 3.05) is 16.4 Å². The summed E-state index contributed by atoms with van der Waals surface area (Å²) in [6, 6.07) is 15.7. The number of nitrogens with two attached hydrogens (primary N) is 1. The molecule has 132 valence electrons. The van der Waals surface area contributed by atoms with Crippen LogP contribution >= 0.6 is 23.2 Å². The van der Waals surface area contributed by atoms with Gasteiger partial charge < -0.3 is 16.4 Å². The van der Waals surface area contributed by atoms with Crippen molar-refractivity contribution in [3.8, 4) is 0 Å². The van der Waals surface area contributed by atoms with Crippen molar-refractivity contribution in [1.82, 2.24) is 0 Å². The van der Waals surface area contributed by atoms with Gasteiger partial charge in [0.05, 0.1) is 5.03 Å². The summed E-state index contributed by atoms with van der Waals surface area (Å²) in [4.78, 5) is 4.31. The first-order chi connectivity index (χ1) is 12.0. The first kappa shape index (κ1) is 19.2. The molecule has 0 spiro atoms. The van der Waals surface area contributed by atoms with E-state index in [1.807, 2.05) is 55.5 Å². The molecule has 0 fully saturated rings. The van der Waals surface area contributed by atoms with E-state index in [1.54, 1.807) is 13.0 Å². The fourth-order valence-corrected chi connectivity index (χ4v) is 2.41. The highest BCUT2D eigenvalue weighted by Crippen LogP contribution is 2.19. The van der Waals surface area contributed by atoms with Crippen molar-refractivity contribution < 1.29 is 0 Å². The lowest BCUT2D eigenvalue weighted by atomic mass is 10.2. The Hall–Kier alpha value is -2.17. The van der Waals surface area contributed by atoms with Gasteiger partial charge in [0.2, 0.25) is 0 Å². The number of benzene rings is 2. The summed E-state index contributed by atoms with van der Waals surface area (Å²) in [6.45, 7) is 4.32. The zero-order valence-electron chi connectivity index (χ0n) is 14.3. The van der Waals surface area contributed by atoms with Crippen LogP contribution in [0, 0.1) is 0 Å². The molecule has 0 radical (unpaired) electrons. The Kier molecular flexibility index (Phi) is 7.16. The van der Waals surface area contributed by atoms with Gasteiger partial charge in [-0.05, 0) is 49.7 Å². The first-order valence-corrected chi connectivity index (χ1v) is 8.79. The largest absolute Gasteiger partial charge is 0.399 e. The predicted octanol–water partition coefficient (Wildman–Crippen LogP) is 5.42. The molecule has 4 N–H and O–H groups in total. The van der Waals surface area contributed by atoms with E-state index < -0.39 is 0 Å². The number of amidine groups is 1. The Bertz CT molecular complexity index is 770. The Morgan fingerprint density at radius 2 is 1.92 bits per heavy atom. The molecule has 0 aliphatic heterocycles. The number of anilines is 3. The van der Waals surface area contributed by atoms with Crippen molar-refractivity contribution in [2.45, 2.75) is 25.9 Å². The average molecular weight is 377 g/mol. The normalized spacial score (nSPS) is 13.4. The minimum atomic E-state index is -0.374. The number of hydrogen-bond acceptors (Lipinski definition) is 3. The van der Waals surface area contributed by atoms with Crippen molar-refractivity contribution in [3.63, 3.8) is 0 Å². The number of aliphatic imine (C=N–C) groups is 1. The van der Waals surface area contributed by atoms with Gasteiger partial charge in [-0.1, -0.05) is 47.5 Å². The molecule has 0 saturated carbocycles. The number of alkyl halides is 1. The maximum atomic E-state index is 6.20. The molecule has 0 amide bonds. The molecule has 0 aromatic heterocycles. The molecule has 6 heteroatoms. The Morgan fingerprint density at radius 3 is 2.60 bits per heavy atom. The molecular weight excluding hydrogens is 355 g/mol. The Labute approximate surface area is 158 Å². The summed E-state index contributed by atoms with van der Waals surface area (Å²) in [5.41, 5.74) is 9.15. The van der Waals surface area contributed by atoms with Gasteiger partial charge in [-0.15, -0.1) is 0 Å². The summed E-state index contributed by atoms with van der Waals surface area (Å²) >= 11 is 12.2. The summed E-state index contributed by atoms with van der Waals surface area (Å²) in [5.74, 6) is 0.541. The molecule has 0 bridgehead atoms. The topological polar surface area (TPSA) is 62.4 Å². The molecule has 25 heavy (non-hydrogen) atoms. The maximum Gasteiger partial charge on any atom is 0.145 e. The number of nitrogens with one attached hydrogen (secondary N) is 2. The lowest BCUT2D eigenvalue weighted by molar-refractivity contribution is 1.03. The number of nitrogen functional groups attached to an aromatic ring is 1. The third-order valence-corrected chi connectivity index (χ3v) is 3.85. The molecule has 0 aliphatic rings. The molecule has 0 saturated heterocycles. The van der Waals surface area contributed by atoms with Crippen LogP contribution in [0.25, 0.3) is 0 Å². The van der Waals surface area contributed by atoms with Crippen molar-refractivity contribution in [3.05, 3.63) is 65.2 Å². The minimum absolute atomic E-state index is 0.374. The second kappa shape index (κ2) is 9.35. The minimum Gasteiger partial charge on any atom is -0.399 e. The van der Waals surface area contributed by atoms with Crippen LogP contribution in [0.3, 0.4) is 0 Å². The third-order valence-electron chi connectivity index (χ3n) is 3.36. The Balaban J connectivity index is 2.09. The van der Waals surface area contributed by atoms with Gasteiger partial charge in [-0.2, -0.15) is 0 Å². The van der Waals surface area contributed by atoms with Gasteiger partial charge in [0, 0.05) is 23.6 Å². The van der Waals surface area contributed by atoms with Gasteiger partial charge in [-0.3, -0.25) is 0 Å². The van der Waals surface area contributed by atoms with Crippen LogP contribution in [0.1, 0.15) is 19.4 Å². The summed E-state index contributed by atoms with van der Waals surface area (Å²) in [6.07, 6.45) is 1.77. The zero-order valence-corrected chi connectivity index (χ0v) is 15.8. The van der Waals surface area contributed by atoms with E-state index in [9.17, 15) is 0 Å². The van der Waals surface area contributed by atoms with Gasteiger partial charge in [0.1, 0.15) is 11.3 Å². The molecule has 2 aromatic rings. The van der Waals surface area contributed by atoms with E-state index >= 15 is 0 Å². The quantitative estimate of drug-likeness (QED) is 0.207. The highest BCUT2D eigenvalue weighted by atomic mass is 35.5. The number of halogens is 2. The SMILES string of the molecule is C/C=C(Cl)\C(=N/C(C)Cl)Nc1cccc(NCc2cccc(N)c2)c1. The third kappa shape index (κ3) is 6.33. The predicted molar refractivity (Wildman–Crippen MR) is 111 cm³/mol. The number of rotatable bonds is 6. The fourth-order valence-electron chi connectivity index (χ4n) is 2.22. The van der Waals surface area contributed by atoms with Crippen LogP contribution in [0.2, 0.25) is 0 Å². The second-order valence-corrected chi connectivity index (χ2v) is 6.53. The number of hydrogen-bond donors (Lipinski definition) is 3. The van der Waals surface area contributed by atoms with Crippen molar-refractivity contribution in [1.29, 1.82) is 0 Å². The van der Waals surface area contributed by atoms with Gasteiger partial charge in [-0.25, -0.2) is 4.99 Å². The number of nitrogens with zero attached hydrogens (tertiary/aromatic N) is 1. The molecule has 4 nitrogen and oxygen atoms in total. The molecule has 1 unspecified atom stereocenters. The smallest absolute Gasteiger partial charge is 0.145 e. The molecule has 0 heterocycles. The van der Waals surface area contributed by atoms with E-state index in [1.165, 1.54) is 0 Å². The van der Waals surface area contributed by atoms with Crippen molar-refractivity contribution >= 4 is 46.1 Å². The zero-order chi connectivity index (χ0) is 18.2. The standard InChI is InChI=1S/C19H22Cl2N4/c1-3-18(21)19(24-13(2)20)25-17-9-5-8-16(11-17)23-12-14-6-4-7-15(22)10-14/h3-11,13,23H,12,22H2,1-2H3,(H,24,25)/b18-3+. The maximum absolute atomic E-state index is 6.20. The highest BCUT2D eigenvalue weighted by molar-refractivity contribution is 6.45. The van der Waals surface area contributed by atoms with Crippen LogP contribution in [0.15, 0.2) is 64.6 Å². The van der Waals surface area contributed by atoms with E-state index in [0.29, 0.717) is 17.4 Å². The van der Waals surface area contributed by atoms with Crippen LogP contribution in [-0.4, -0.2) is 11.3 Å². The average Bonchev–Trinajstić information content (AvgIpc) is 2.59. The molecule has 0 aliphatic carbocycles. The molecule has 1 atom stereocenters. The van der Waals surface area contributed by atoms with E-state index in [-0.39, 0.29) is 5.50 Å². The van der Waals surface area contributed by atoms with Gasteiger partial charge in [0.15, 0.2) is 0 Å². The number of allylic oxidation sites excluding steroid dienone is 1. The molecule has 2 aromatic carbocycles. The highest BCUT2D eigenvalue weighted by Gasteiger charge is 2.07. The monoisotopic (exact) mass is 376 g/mol. The second-order valence-electron chi connectivity index (χ2n) is 5.49. The van der Waals surface area contributed by atoms with Crippen LogP contribution in [0.5, 0.6) is 0 Å². The fraction of sp³-hybridized carbons (Fsp3) is 0.211. The van der Waals surface area contributed by atoms with Gasteiger partial charge >= 0.3 is 0 Å². The summed E-state index contributed by atoms with van der Waals surface area (Å²) in [7, 11) is 0. The van der Waals surface area contributed by atoms with Gasteiger partial charge in [0.25, 0.3) is 0 Å². The van der Waals surface area contributed by atoms with Crippen LogP contribution in [-0.2, 0) is 6.54 Å². The van der Waals surface area contributed by atoms with E-state index in [4.69, 9.17) is 28.9 Å². The van der Waals surface area contributed by atoms with Crippen LogP contribution < -0.4 is 16.4 Å². The lowest BCUT2D eigenvalue weighted by Crippen LogP contribution is -2.14.